The maximum Gasteiger partial charge on any atom is 0.172 e. The average molecular weight is 890 g/mol. The topological polar surface area (TPSA) is 233 Å². The summed E-state index contributed by atoms with van der Waals surface area (Å²) in [5.74, 6) is 0.206. The molecule has 15 heteroatoms. The zero-order valence-corrected chi connectivity index (χ0v) is 37.2. The first kappa shape index (κ1) is 44.3. The highest BCUT2D eigenvalue weighted by atomic mass is 32.1. The Hall–Kier alpha value is -8.27. The zero-order chi connectivity index (χ0) is 45.6. The fourth-order valence-electron chi connectivity index (χ4n) is 6.50. The van der Waals surface area contributed by atoms with Crippen molar-refractivity contribution in [2.24, 2.45) is 0 Å². The van der Waals surface area contributed by atoms with E-state index in [4.69, 9.17) is 9.47 Å². The highest BCUT2D eigenvalue weighted by Crippen LogP contribution is 2.44. The molecule has 2 aliphatic rings. The minimum Gasteiger partial charge on any atom is -0.481 e. The molecular weight excluding hydrogens is 863 g/mol. The van der Waals surface area contributed by atoms with Crippen LogP contribution in [0, 0.1) is 102 Å². The summed E-state index contributed by atoms with van der Waals surface area (Å²) in [6.07, 6.45) is 10.4. The Morgan fingerprint density at radius 1 is 0.524 bits per heavy atom. The van der Waals surface area contributed by atoms with E-state index < -0.39 is 11.2 Å². The van der Waals surface area contributed by atoms with Crippen molar-refractivity contribution in [2.75, 3.05) is 0 Å². The first-order valence-electron chi connectivity index (χ1n) is 18.4. The van der Waals surface area contributed by atoms with E-state index in [1.54, 1.807) is 81.5 Å². The second-order valence-corrected chi connectivity index (χ2v) is 18.8. The molecule has 4 aromatic rings. The van der Waals surface area contributed by atoms with Gasteiger partial charge in [0.05, 0.1) is 33.9 Å². The lowest BCUT2D eigenvalue weighted by Crippen LogP contribution is -2.20. The van der Waals surface area contributed by atoms with Gasteiger partial charge in [0.2, 0.25) is 0 Å². The lowest BCUT2D eigenvalue weighted by Gasteiger charge is -2.20. The van der Waals surface area contributed by atoms with Gasteiger partial charge in [-0.15, -0.1) is 45.3 Å². The van der Waals surface area contributed by atoms with Crippen LogP contribution in [0.25, 0.3) is 45.2 Å². The van der Waals surface area contributed by atoms with E-state index in [1.807, 2.05) is 44.2 Å². The molecule has 0 unspecified atom stereocenters. The molecule has 11 nitrogen and oxygen atoms in total. The number of nitrogens with zero attached hydrogens (tertiary/aromatic N) is 9. The highest BCUT2D eigenvalue weighted by molar-refractivity contribution is 7.23. The molecule has 0 radical (unpaired) electrons. The quantitative estimate of drug-likeness (QED) is 0.143. The van der Waals surface area contributed by atoms with E-state index >= 15 is 0 Å². The Labute approximate surface area is 379 Å². The summed E-state index contributed by atoms with van der Waals surface area (Å²) in [5.41, 5.74) is 1.07. The number of hydrogen-bond acceptors (Lipinski definition) is 15. The second-order valence-electron chi connectivity index (χ2n) is 14.4. The Morgan fingerprint density at radius 3 is 1.33 bits per heavy atom. The van der Waals surface area contributed by atoms with E-state index in [2.05, 4.69) is 36.4 Å². The number of rotatable bonds is 9. The number of allylic oxidation sites excluding steroid dienone is 6. The summed E-state index contributed by atoms with van der Waals surface area (Å²) in [4.78, 5) is 5.37. The van der Waals surface area contributed by atoms with Crippen molar-refractivity contribution in [1.29, 1.82) is 47.4 Å². The normalized spacial score (nSPS) is 16.2. The molecule has 2 aliphatic heterocycles. The summed E-state index contributed by atoms with van der Waals surface area (Å²) >= 11 is 5.27. The molecule has 0 atom stereocenters. The monoisotopic (exact) mass is 889 g/mol. The first-order chi connectivity index (χ1) is 30.2. The minimum absolute atomic E-state index is 0.0575. The third-order valence-corrected chi connectivity index (χ3v) is 14.1. The van der Waals surface area contributed by atoms with Gasteiger partial charge in [-0.2, -0.15) is 47.4 Å². The number of thiophene rings is 4. The van der Waals surface area contributed by atoms with E-state index in [1.165, 1.54) is 45.3 Å². The zero-order valence-electron chi connectivity index (χ0n) is 33.9. The fraction of sp³-hybridized carbons (Fsp3) is 0.146. The van der Waals surface area contributed by atoms with Crippen LogP contribution in [0.2, 0.25) is 0 Å². The van der Waals surface area contributed by atoms with Crippen LogP contribution in [0.3, 0.4) is 0 Å². The highest BCUT2D eigenvalue weighted by Gasteiger charge is 2.39. The molecule has 0 N–H and O–H groups in total. The lowest BCUT2D eigenvalue weighted by molar-refractivity contribution is 0.0947. The third kappa shape index (κ3) is 8.81. The Balaban J connectivity index is 1.26. The van der Waals surface area contributed by atoms with Crippen molar-refractivity contribution < 1.29 is 9.47 Å². The molecule has 0 aromatic carbocycles. The SMILES string of the molecule is C/C(C#N)=C1\OC(C)(C)C(/C=C/c2ccc(/C(C#N)=C/c3sc(-c4cc(C#N)c(/C=C(\C#N)c5ccc(/C=C/C6=C(C#N)C(=C(C#N)C#N)OC6(C)C)s5)s4)cc3C#N)s2)=C1C#N. The second kappa shape index (κ2) is 18.1. The summed E-state index contributed by atoms with van der Waals surface area (Å²) in [6, 6.07) is 29.4. The molecule has 63 heavy (non-hydrogen) atoms. The predicted octanol–water partition coefficient (Wildman–Crippen LogP) is 11.9. The predicted molar refractivity (Wildman–Crippen MR) is 243 cm³/mol. The van der Waals surface area contributed by atoms with E-state index in [0.717, 1.165) is 9.75 Å². The van der Waals surface area contributed by atoms with E-state index in [0.29, 0.717) is 73.8 Å². The Bertz CT molecular complexity index is 3280. The molecule has 6 heterocycles. The molecule has 0 bridgehead atoms. The van der Waals surface area contributed by atoms with Crippen LogP contribution < -0.4 is 0 Å². The first-order valence-corrected chi connectivity index (χ1v) is 21.7. The van der Waals surface area contributed by atoms with Crippen molar-refractivity contribution >= 4 is 80.8 Å². The molecule has 0 saturated carbocycles. The molecule has 0 spiro atoms. The smallest absolute Gasteiger partial charge is 0.172 e. The van der Waals surface area contributed by atoms with E-state index in [9.17, 15) is 47.4 Å². The molecular formula is C48H27N9O2S4. The van der Waals surface area contributed by atoms with Gasteiger partial charge in [-0.25, -0.2) is 0 Å². The maximum absolute atomic E-state index is 10.2. The van der Waals surface area contributed by atoms with Crippen molar-refractivity contribution in [3.63, 3.8) is 0 Å². The van der Waals surface area contributed by atoms with Crippen LogP contribution in [-0.2, 0) is 9.47 Å². The maximum atomic E-state index is 10.2. The van der Waals surface area contributed by atoms with Gasteiger partial charge in [0.15, 0.2) is 17.1 Å². The summed E-state index contributed by atoms with van der Waals surface area (Å²) in [5, 5.41) is 88.5. The van der Waals surface area contributed by atoms with Crippen LogP contribution in [0.4, 0.5) is 0 Å². The number of hydrogen-bond donors (Lipinski definition) is 0. The van der Waals surface area contributed by atoms with Crippen molar-refractivity contribution in [2.45, 2.75) is 45.8 Å². The van der Waals surface area contributed by atoms with Gasteiger partial charge in [0.1, 0.15) is 70.9 Å². The molecule has 6 rings (SSSR count). The van der Waals surface area contributed by atoms with Gasteiger partial charge in [-0.1, -0.05) is 12.2 Å². The third-order valence-electron chi connectivity index (χ3n) is 9.60. The molecule has 0 fully saturated rings. The van der Waals surface area contributed by atoms with Crippen molar-refractivity contribution in [1.82, 2.24) is 0 Å². The van der Waals surface area contributed by atoms with Gasteiger partial charge in [0.25, 0.3) is 0 Å². The van der Waals surface area contributed by atoms with Gasteiger partial charge < -0.3 is 9.47 Å². The van der Waals surface area contributed by atoms with Crippen LogP contribution >= 0.6 is 45.3 Å². The molecule has 4 aromatic heterocycles. The van der Waals surface area contributed by atoms with Crippen LogP contribution in [0.5, 0.6) is 0 Å². The fourth-order valence-corrected chi connectivity index (χ4v) is 10.4. The molecule has 0 saturated heterocycles. The van der Waals surface area contributed by atoms with Crippen LogP contribution in [0.1, 0.15) is 75.0 Å². The van der Waals surface area contributed by atoms with E-state index in [-0.39, 0.29) is 22.7 Å². The van der Waals surface area contributed by atoms with Gasteiger partial charge >= 0.3 is 0 Å². The largest absolute Gasteiger partial charge is 0.481 e. The van der Waals surface area contributed by atoms with Crippen molar-refractivity contribution in [3.05, 3.63) is 134 Å². The molecule has 300 valence electrons. The summed E-state index contributed by atoms with van der Waals surface area (Å²) < 4.78 is 11.8. The molecule has 0 aliphatic carbocycles. The Kier molecular flexibility index (Phi) is 12.8. The summed E-state index contributed by atoms with van der Waals surface area (Å²) in [7, 11) is 0. The van der Waals surface area contributed by atoms with Gasteiger partial charge in [-0.3, -0.25) is 0 Å². The number of ether oxygens (including phenoxy) is 2. The number of nitriles is 9. The Morgan fingerprint density at radius 2 is 0.952 bits per heavy atom. The standard InChI is InChI=1S/C48H27N9O2S4/c1-27(18-49)45-35(25-56)37(47(2,3)58-45)10-6-33-8-12-39(60-33)28(19-50)14-41-30(21-52)16-43(62-41)44-17-31(22-53)42(63-44)15-29(20-51)40-13-9-34(61-40)7-11-38-36(26-57)46(32(23-54)24-55)59-48(38,4)5/h6-17H,1-5H3/b10-6+,11-7+,28-14+,29-15+,45-27+. The minimum atomic E-state index is -0.980. The van der Waals surface area contributed by atoms with Gasteiger partial charge in [0, 0.05) is 50.2 Å². The molecule has 0 amide bonds. The average Bonchev–Trinajstić information content (AvgIpc) is 4.14. The summed E-state index contributed by atoms with van der Waals surface area (Å²) in [6.45, 7) is 8.71. The lowest BCUT2D eigenvalue weighted by atomic mass is 9.94. The van der Waals surface area contributed by atoms with Crippen LogP contribution in [0.15, 0.2) is 93.5 Å². The van der Waals surface area contributed by atoms with Crippen LogP contribution in [-0.4, -0.2) is 11.2 Å². The van der Waals surface area contributed by atoms with Gasteiger partial charge in [-0.05, 0) is 95.3 Å². The van der Waals surface area contributed by atoms with Crippen molar-refractivity contribution in [3.8, 4) is 64.4 Å².